The van der Waals surface area contributed by atoms with Crippen LogP contribution in [0.4, 0.5) is 11.5 Å². The quantitative estimate of drug-likeness (QED) is 0.878. The normalized spacial score (nSPS) is 10.8. The van der Waals surface area contributed by atoms with Gasteiger partial charge in [0, 0.05) is 24.0 Å². The minimum atomic E-state index is 0.363. The zero-order valence-corrected chi connectivity index (χ0v) is 10.4. The zero-order chi connectivity index (χ0) is 12.3. The lowest BCUT2D eigenvalue weighted by molar-refractivity contribution is 0.532. The Bertz CT molecular complexity index is 489. The van der Waals surface area contributed by atoms with Gasteiger partial charge in [0.05, 0.1) is 11.9 Å². The van der Waals surface area contributed by atoms with E-state index in [4.69, 9.17) is 0 Å². The van der Waals surface area contributed by atoms with E-state index in [0.717, 1.165) is 23.6 Å². The van der Waals surface area contributed by atoms with Crippen molar-refractivity contribution in [2.24, 2.45) is 0 Å². The van der Waals surface area contributed by atoms with E-state index in [9.17, 15) is 0 Å². The van der Waals surface area contributed by atoms with E-state index in [-0.39, 0.29) is 0 Å². The fraction of sp³-hybridized carbons (Fsp3) is 0.417. The smallest absolute Gasteiger partial charge is 0.134 e. The number of nitrogens with zero attached hydrogens (tertiary/aromatic N) is 4. The Kier molecular flexibility index (Phi) is 3.37. The van der Waals surface area contributed by atoms with Gasteiger partial charge in [0.25, 0.3) is 0 Å². The second kappa shape index (κ2) is 4.95. The fourth-order valence-corrected chi connectivity index (χ4v) is 1.49. The van der Waals surface area contributed by atoms with E-state index in [1.54, 1.807) is 12.5 Å². The molecule has 90 valence electrons. The van der Waals surface area contributed by atoms with Gasteiger partial charge in [-0.25, -0.2) is 9.97 Å². The van der Waals surface area contributed by atoms with Crippen LogP contribution >= 0.6 is 0 Å². The molecule has 0 aromatic carbocycles. The Morgan fingerprint density at radius 2 is 2.18 bits per heavy atom. The van der Waals surface area contributed by atoms with Gasteiger partial charge in [0.15, 0.2) is 0 Å². The second-order valence-electron chi connectivity index (χ2n) is 4.18. The number of aromatic nitrogens is 4. The highest BCUT2D eigenvalue weighted by molar-refractivity contribution is 5.53. The molecule has 0 atom stereocenters. The molecular weight excluding hydrogens is 214 g/mol. The highest BCUT2D eigenvalue weighted by atomic mass is 15.3. The first kappa shape index (κ1) is 11.6. The Labute approximate surface area is 101 Å². The topological polar surface area (TPSA) is 55.6 Å². The first-order chi connectivity index (χ1) is 8.19. The summed E-state index contributed by atoms with van der Waals surface area (Å²) in [7, 11) is 0. The van der Waals surface area contributed by atoms with E-state index >= 15 is 0 Å². The second-order valence-corrected chi connectivity index (χ2v) is 4.18. The average molecular weight is 231 g/mol. The fourth-order valence-electron chi connectivity index (χ4n) is 1.49. The van der Waals surface area contributed by atoms with Gasteiger partial charge in [-0.3, -0.25) is 4.68 Å². The third-order valence-electron chi connectivity index (χ3n) is 2.49. The Hall–Kier alpha value is -1.91. The Balaban J connectivity index is 2.13. The maximum absolute atomic E-state index is 4.27. The summed E-state index contributed by atoms with van der Waals surface area (Å²) < 4.78 is 1.91. The first-order valence-electron chi connectivity index (χ1n) is 5.81. The molecule has 2 aromatic heterocycles. The largest absolute Gasteiger partial charge is 0.338 e. The molecule has 0 fully saturated rings. The van der Waals surface area contributed by atoms with Crippen molar-refractivity contribution < 1.29 is 0 Å². The third kappa shape index (κ3) is 2.81. The van der Waals surface area contributed by atoms with Crippen LogP contribution in [-0.2, 0) is 6.42 Å². The van der Waals surface area contributed by atoms with Gasteiger partial charge in [-0.2, -0.15) is 5.10 Å². The van der Waals surface area contributed by atoms with Gasteiger partial charge in [0.2, 0.25) is 0 Å². The van der Waals surface area contributed by atoms with Crippen LogP contribution in [0, 0.1) is 0 Å². The highest BCUT2D eigenvalue weighted by Gasteiger charge is 2.03. The molecule has 0 unspecified atom stereocenters. The molecule has 0 radical (unpaired) electrons. The van der Waals surface area contributed by atoms with Gasteiger partial charge >= 0.3 is 0 Å². The lowest BCUT2D eigenvalue weighted by Gasteiger charge is -2.04. The molecule has 2 rings (SSSR count). The number of nitrogens with one attached hydrogen (secondary N) is 1. The molecule has 1 N–H and O–H groups in total. The third-order valence-corrected chi connectivity index (χ3v) is 2.49. The van der Waals surface area contributed by atoms with Crippen molar-refractivity contribution in [1.29, 1.82) is 0 Å². The molecular formula is C12H17N5. The van der Waals surface area contributed by atoms with Crippen LogP contribution in [0.1, 0.15) is 32.5 Å². The molecule has 0 saturated carbocycles. The minimum Gasteiger partial charge on any atom is -0.338 e. The van der Waals surface area contributed by atoms with Crippen molar-refractivity contribution in [1.82, 2.24) is 19.7 Å². The average Bonchev–Trinajstić information content (AvgIpc) is 2.78. The van der Waals surface area contributed by atoms with Gasteiger partial charge < -0.3 is 5.32 Å². The molecule has 17 heavy (non-hydrogen) atoms. The van der Waals surface area contributed by atoms with E-state index in [2.05, 4.69) is 41.2 Å². The van der Waals surface area contributed by atoms with Crippen LogP contribution in [0.3, 0.4) is 0 Å². The minimum absolute atomic E-state index is 0.363. The van der Waals surface area contributed by atoms with Crippen LogP contribution in [0.2, 0.25) is 0 Å². The lowest BCUT2D eigenvalue weighted by atomic mass is 10.3. The standard InChI is InChI=1S/C12H17N5/c1-4-10-5-12(14-8-13-10)16-11-6-15-17(7-11)9(2)3/h5-9H,4H2,1-3H3,(H,13,14,16). The summed E-state index contributed by atoms with van der Waals surface area (Å²) in [6, 6.07) is 2.31. The van der Waals surface area contributed by atoms with E-state index < -0.39 is 0 Å². The first-order valence-corrected chi connectivity index (χ1v) is 5.81. The van der Waals surface area contributed by atoms with E-state index in [0.29, 0.717) is 6.04 Å². The molecule has 5 nitrogen and oxygen atoms in total. The number of aryl methyl sites for hydroxylation is 1. The predicted octanol–water partition coefficient (Wildman–Crippen LogP) is 2.56. The number of rotatable bonds is 4. The summed E-state index contributed by atoms with van der Waals surface area (Å²) in [5.41, 5.74) is 1.97. The van der Waals surface area contributed by atoms with Gasteiger partial charge in [-0.1, -0.05) is 6.92 Å². The Morgan fingerprint density at radius 3 is 2.82 bits per heavy atom. The summed E-state index contributed by atoms with van der Waals surface area (Å²) in [5, 5.41) is 7.48. The van der Waals surface area contributed by atoms with Crippen molar-refractivity contribution in [2.75, 3.05) is 5.32 Å². The summed E-state index contributed by atoms with van der Waals surface area (Å²) in [4.78, 5) is 8.34. The molecule has 5 heteroatoms. The number of hydrogen-bond acceptors (Lipinski definition) is 4. The maximum atomic E-state index is 4.27. The molecule has 0 amide bonds. The van der Waals surface area contributed by atoms with Gasteiger partial charge in [-0.15, -0.1) is 0 Å². The molecule has 0 spiro atoms. The SMILES string of the molecule is CCc1cc(Nc2cnn(C(C)C)c2)ncn1. The monoisotopic (exact) mass is 231 g/mol. The molecule has 2 heterocycles. The molecule has 0 bridgehead atoms. The lowest BCUT2D eigenvalue weighted by Crippen LogP contribution is -2.00. The van der Waals surface area contributed by atoms with Crippen LogP contribution in [-0.4, -0.2) is 19.7 Å². The van der Waals surface area contributed by atoms with Gasteiger partial charge in [-0.05, 0) is 20.3 Å². The summed E-state index contributed by atoms with van der Waals surface area (Å²) >= 11 is 0. The van der Waals surface area contributed by atoms with Crippen molar-refractivity contribution >= 4 is 11.5 Å². The van der Waals surface area contributed by atoms with Gasteiger partial charge in [0.1, 0.15) is 12.1 Å². The van der Waals surface area contributed by atoms with Crippen LogP contribution in [0.5, 0.6) is 0 Å². The zero-order valence-electron chi connectivity index (χ0n) is 10.4. The van der Waals surface area contributed by atoms with Crippen molar-refractivity contribution in [3.8, 4) is 0 Å². The molecule has 0 aliphatic rings. The summed E-state index contributed by atoms with van der Waals surface area (Å²) in [6.07, 6.45) is 6.25. The van der Waals surface area contributed by atoms with Crippen molar-refractivity contribution in [2.45, 2.75) is 33.2 Å². The maximum Gasteiger partial charge on any atom is 0.134 e. The van der Waals surface area contributed by atoms with Crippen LogP contribution < -0.4 is 5.32 Å². The highest BCUT2D eigenvalue weighted by Crippen LogP contribution is 2.15. The summed E-state index contributed by atoms with van der Waals surface area (Å²) in [5.74, 6) is 0.806. The van der Waals surface area contributed by atoms with Crippen molar-refractivity contribution in [3.05, 3.63) is 30.5 Å². The van der Waals surface area contributed by atoms with Crippen LogP contribution in [0.15, 0.2) is 24.8 Å². The Morgan fingerprint density at radius 1 is 1.35 bits per heavy atom. The van der Waals surface area contributed by atoms with Crippen LogP contribution in [0.25, 0.3) is 0 Å². The molecule has 0 aliphatic carbocycles. The molecule has 2 aromatic rings. The van der Waals surface area contributed by atoms with E-state index in [1.165, 1.54) is 0 Å². The molecule has 0 aliphatic heterocycles. The predicted molar refractivity (Wildman–Crippen MR) is 67.3 cm³/mol. The van der Waals surface area contributed by atoms with E-state index in [1.807, 2.05) is 16.9 Å². The number of hydrogen-bond donors (Lipinski definition) is 1. The molecule has 0 saturated heterocycles. The van der Waals surface area contributed by atoms with Crippen molar-refractivity contribution in [3.63, 3.8) is 0 Å². The summed E-state index contributed by atoms with van der Waals surface area (Å²) in [6.45, 7) is 6.26. The number of anilines is 2.